The number of thioether (sulfide) groups is 1. The molecule has 202 valence electrons. The van der Waals surface area contributed by atoms with Gasteiger partial charge < -0.3 is 4.74 Å². The van der Waals surface area contributed by atoms with E-state index in [4.69, 9.17) is 33.7 Å². The van der Waals surface area contributed by atoms with Crippen molar-refractivity contribution in [2.75, 3.05) is 0 Å². The molecule has 6 rings (SSSR count). The van der Waals surface area contributed by atoms with Crippen LogP contribution in [0.3, 0.4) is 0 Å². The van der Waals surface area contributed by atoms with Crippen LogP contribution in [0.15, 0.2) is 120 Å². The molecule has 41 heavy (non-hydrogen) atoms. The van der Waals surface area contributed by atoms with Crippen molar-refractivity contribution in [2.24, 2.45) is 0 Å². The highest BCUT2D eigenvalue weighted by Gasteiger charge is 2.32. The maximum atomic E-state index is 13.4. The molecule has 0 N–H and O–H groups in total. The van der Waals surface area contributed by atoms with Crippen LogP contribution in [-0.4, -0.2) is 24.9 Å². The van der Waals surface area contributed by atoms with Crippen LogP contribution >= 0.6 is 35.6 Å². The van der Waals surface area contributed by atoms with E-state index in [9.17, 15) is 4.79 Å². The molecule has 0 unspecified atom stereocenters. The lowest BCUT2D eigenvalue weighted by atomic mass is 10.1. The standard InChI is InChI=1S/C33H24ClN3O2S2/c34-29-17-8-7-12-25(29)22-39-28-16-9-13-24(18-28)31-26(21-37(35-31)27-14-5-2-6-15-27)19-30-32(38)36(33(40)41-30)20-23-10-3-1-4-11-23/h1-19,21H,20,22H2. The van der Waals surface area contributed by atoms with Crippen LogP contribution in [0, 0.1) is 0 Å². The molecule has 5 nitrogen and oxygen atoms in total. The molecule has 1 fully saturated rings. The Morgan fingerprint density at radius 2 is 1.63 bits per heavy atom. The molecule has 0 atom stereocenters. The van der Waals surface area contributed by atoms with E-state index in [1.165, 1.54) is 11.8 Å². The van der Waals surface area contributed by atoms with E-state index in [-0.39, 0.29) is 5.91 Å². The quantitative estimate of drug-likeness (QED) is 0.134. The molecule has 5 aromatic rings. The fraction of sp³-hybridized carbons (Fsp3) is 0.0606. The number of nitrogens with zero attached hydrogens (tertiary/aromatic N) is 3. The second-order valence-electron chi connectivity index (χ2n) is 9.37. The van der Waals surface area contributed by atoms with Gasteiger partial charge in [0.05, 0.1) is 17.1 Å². The minimum absolute atomic E-state index is 0.112. The van der Waals surface area contributed by atoms with Gasteiger partial charge in [0.15, 0.2) is 0 Å². The Bertz CT molecular complexity index is 1750. The molecular weight excluding hydrogens is 570 g/mol. The number of hydrogen-bond acceptors (Lipinski definition) is 5. The van der Waals surface area contributed by atoms with Crippen LogP contribution in [0.5, 0.6) is 5.75 Å². The average molecular weight is 594 g/mol. The van der Waals surface area contributed by atoms with Crippen molar-refractivity contribution < 1.29 is 9.53 Å². The highest BCUT2D eigenvalue weighted by atomic mass is 35.5. The lowest BCUT2D eigenvalue weighted by Crippen LogP contribution is -2.27. The van der Waals surface area contributed by atoms with Gasteiger partial charge in [0.25, 0.3) is 5.91 Å². The third-order valence-corrected chi connectivity index (χ3v) is 8.31. The first-order valence-electron chi connectivity index (χ1n) is 13.0. The monoisotopic (exact) mass is 593 g/mol. The zero-order chi connectivity index (χ0) is 28.2. The summed E-state index contributed by atoms with van der Waals surface area (Å²) in [6, 6.07) is 35.1. The Labute approximate surface area is 253 Å². The summed E-state index contributed by atoms with van der Waals surface area (Å²) < 4.78 is 8.45. The molecular formula is C33H24ClN3O2S2. The predicted octanol–water partition coefficient (Wildman–Crippen LogP) is 8.17. The lowest BCUT2D eigenvalue weighted by Gasteiger charge is -2.14. The average Bonchev–Trinajstić information content (AvgIpc) is 3.54. The van der Waals surface area contributed by atoms with Crippen LogP contribution in [0.1, 0.15) is 16.7 Å². The maximum absolute atomic E-state index is 13.4. The van der Waals surface area contributed by atoms with Gasteiger partial charge in [-0.15, -0.1) is 0 Å². The summed E-state index contributed by atoms with van der Waals surface area (Å²) in [4.78, 5) is 15.6. The molecule has 1 aliphatic heterocycles. The van der Waals surface area contributed by atoms with Crippen molar-refractivity contribution >= 4 is 51.9 Å². The van der Waals surface area contributed by atoms with Crippen molar-refractivity contribution in [1.29, 1.82) is 0 Å². The number of carbonyl (C=O) groups is 1. The largest absolute Gasteiger partial charge is 0.489 e. The Morgan fingerprint density at radius 3 is 2.41 bits per heavy atom. The van der Waals surface area contributed by atoms with E-state index in [1.807, 2.05) is 126 Å². The van der Waals surface area contributed by atoms with Crippen LogP contribution in [0.25, 0.3) is 23.0 Å². The van der Waals surface area contributed by atoms with Crippen LogP contribution in [0.2, 0.25) is 5.02 Å². The normalized spacial score (nSPS) is 14.2. The smallest absolute Gasteiger partial charge is 0.266 e. The number of carbonyl (C=O) groups excluding carboxylic acids is 1. The number of amides is 1. The van der Waals surface area contributed by atoms with Gasteiger partial charge in [0.2, 0.25) is 0 Å². The number of para-hydroxylation sites is 1. The molecule has 0 aliphatic carbocycles. The third kappa shape index (κ3) is 6.12. The molecule has 0 radical (unpaired) electrons. The van der Waals surface area contributed by atoms with E-state index in [0.29, 0.717) is 33.1 Å². The number of halogens is 1. The van der Waals surface area contributed by atoms with Gasteiger partial charge >= 0.3 is 0 Å². The van der Waals surface area contributed by atoms with E-state index < -0.39 is 0 Å². The summed E-state index contributed by atoms with van der Waals surface area (Å²) in [5.74, 6) is 0.580. The van der Waals surface area contributed by atoms with Gasteiger partial charge in [0, 0.05) is 27.9 Å². The van der Waals surface area contributed by atoms with E-state index in [0.717, 1.165) is 33.6 Å². The molecule has 1 aromatic heterocycles. The molecule has 2 heterocycles. The lowest BCUT2D eigenvalue weighted by molar-refractivity contribution is -0.122. The summed E-state index contributed by atoms with van der Waals surface area (Å²) in [5, 5.41) is 5.59. The maximum Gasteiger partial charge on any atom is 0.266 e. The second-order valence-corrected chi connectivity index (χ2v) is 11.5. The van der Waals surface area contributed by atoms with Gasteiger partial charge in [-0.25, -0.2) is 4.68 Å². The zero-order valence-electron chi connectivity index (χ0n) is 21.8. The first kappa shape index (κ1) is 27.0. The fourth-order valence-electron chi connectivity index (χ4n) is 4.48. The summed E-state index contributed by atoms with van der Waals surface area (Å²) in [7, 11) is 0. The predicted molar refractivity (Wildman–Crippen MR) is 170 cm³/mol. The molecule has 1 aliphatic rings. The molecule has 0 spiro atoms. The van der Waals surface area contributed by atoms with Crippen LogP contribution in [-0.2, 0) is 17.9 Å². The number of ether oxygens (including phenoxy) is 1. The van der Waals surface area contributed by atoms with Crippen molar-refractivity contribution in [3.8, 4) is 22.7 Å². The number of thiocarbonyl (C=S) groups is 1. The molecule has 0 bridgehead atoms. The SMILES string of the molecule is O=C1C(=Cc2cn(-c3ccccc3)nc2-c2cccc(OCc3ccccc3Cl)c2)SC(=S)N1Cc1ccccc1. The molecule has 4 aromatic carbocycles. The summed E-state index contributed by atoms with van der Waals surface area (Å²) in [6.07, 6.45) is 3.81. The Hall–Kier alpha value is -4.17. The molecule has 0 saturated carbocycles. The van der Waals surface area contributed by atoms with Gasteiger partial charge in [-0.05, 0) is 42.0 Å². The Kier molecular flexibility index (Phi) is 8.00. The first-order valence-corrected chi connectivity index (χ1v) is 14.6. The van der Waals surface area contributed by atoms with E-state index in [1.54, 1.807) is 4.90 Å². The van der Waals surface area contributed by atoms with Gasteiger partial charge in [-0.1, -0.05) is 114 Å². The second kappa shape index (κ2) is 12.1. The van der Waals surface area contributed by atoms with Crippen LogP contribution < -0.4 is 4.74 Å². The summed E-state index contributed by atoms with van der Waals surface area (Å²) in [6.45, 7) is 0.780. The summed E-state index contributed by atoms with van der Waals surface area (Å²) in [5.41, 5.74) is 5.24. The minimum atomic E-state index is -0.112. The topological polar surface area (TPSA) is 47.4 Å². The Balaban J connectivity index is 1.33. The molecule has 8 heteroatoms. The minimum Gasteiger partial charge on any atom is -0.489 e. The van der Waals surface area contributed by atoms with Crippen LogP contribution in [0.4, 0.5) is 0 Å². The van der Waals surface area contributed by atoms with Gasteiger partial charge in [-0.2, -0.15) is 5.10 Å². The Morgan fingerprint density at radius 1 is 0.902 bits per heavy atom. The first-order chi connectivity index (χ1) is 20.0. The van der Waals surface area contributed by atoms with Crippen molar-refractivity contribution in [3.05, 3.63) is 142 Å². The molecule has 1 saturated heterocycles. The number of benzene rings is 4. The van der Waals surface area contributed by atoms with E-state index >= 15 is 0 Å². The zero-order valence-corrected chi connectivity index (χ0v) is 24.2. The number of hydrogen-bond donors (Lipinski definition) is 0. The number of aromatic nitrogens is 2. The number of rotatable bonds is 8. The summed E-state index contributed by atoms with van der Waals surface area (Å²) >= 11 is 13.2. The fourth-order valence-corrected chi connectivity index (χ4v) is 5.92. The van der Waals surface area contributed by atoms with Crippen molar-refractivity contribution in [3.63, 3.8) is 0 Å². The molecule has 1 amide bonds. The highest BCUT2D eigenvalue weighted by Crippen LogP contribution is 2.36. The van der Waals surface area contributed by atoms with Gasteiger partial charge in [0.1, 0.15) is 22.4 Å². The van der Waals surface area contributed by atoms with Crippen molar-refractivity contribution in [1.82, 2.24) is 14.7 Å². The highest BCUT2D eigenvalue weighted by molar-refractivity contribution is 8.26. The van der Waals surface area contributed by atoms with Gasteiger partial charge in [-0.3, -0.25) is 9.69 Å². The van der Waals surface area contributed by atoms with Crippen molar-refractivity contribution in [2.45, 2.75) is 13.2 Å². The van der Waals surface area contributed by atoms with E-state index in [2.05, 4.69) is 0 Å². The third-order valence-electron chi connectivity index (χ3n) is 6.57.